The molecule has 1 aliphatic rings. The summed E-state index contributed by atoms with van der Waals surface area (Å²) >= 11 is 0. The summed E-state index contributed by atoms with van der Waals surface area (Å²) in [5.41, 5.74) is 3.60. The molecule has 148 valence electrons. The zero-order valence-corrected chi connectivity index (χ0v) is 16.6. The first-order valence-electron chi connectivity index (χ1n) is 9.72. The summed E-state index contributed by atoms with van der Waals surface area (Å²) in [7, 11) is 0. The number of aryl methyl sites for hydroxylation is 2. The Morgan fingerprint density at radius 1 is 0.931 bits per heavy atom. The molecule has 0 aliphatic carbocycles. The van der Waals surface area contributed by atoms with Gasteiger partial charge in [-0.2, -0.15) is 0 Å². The molecule has 0 unspecified atom stereocenters. The molecule has 1 amide bonds. The van der Waals surface area contributed by atoms with Gasteiger partial charge in [0.2, 0.25) is 0 Å². The molecule has 29 heavy (non-hydrogen) atoms. The fourth-order valence-electron chi connectivity index (χ4n) is 3.54. The van der Waals surface area contributed by atoms with E-state index in [2.05, 4.69) is 28.9 Å². The van der Waals surface area contributed by atoms with Crippen LogP contribution >= 0.6 is 0 Å². The zero-order chi connectivity index (χ0) is 20.4. The van der Waals surface area contributed by atoms with E-state index in [1.165, 1.54) is 29.8 Å². The first-order valence-corrected chi connectivity index (χ1v) is 9.72. The molecule has 1 aromatic heterocycles. The number of amides is 1. The molecule has 1 aliphatic heterocycles. The third kappa shape index (κ3) is 4.26. The van der Waals surface area contributed by atoms with Crippen LogP contribution in [0, 0.1) is 19.7 Å². The van der Waals surface area contributed by atoms with Gasteiger partial charge in [-0.1, -0.05) is 23.8 Å². The van der Waals surface area contributed by atoms with E-state index in [1.54, 1.807) is 4.90 Å². The number of piperazine rings is 1. The van der Waals surface area contributed by atoms with Crippen LogP contribution in [0.4, 0.5) is 10.2 Å². The maximum atomic E-state index is 13.1. The molecule has 0 bridgehead atoms. The summed E-state index contributed by atoms with van der Waals surface area (Å²) in [4.78, 5) is 26.0. The van der Waals surface area contributed by atoms with Crippen molar-refractivity contribution in [3.8, 4) is 11.4 Å². The first-order chi connectivity index (χ1) is 14.0. The molecule has 2 aromatic carbocycles. The number of carbonyl (C=O) groups is 1. The Morgan fingerprint density at radius 3 is 2.34 bits per heavy atom. The van der Waals surface area contributed by atoms with Crippen LogP contribution < -0.4 is 4.90 Å². The van der Waals surface area contributed by atoms with Crippen LogP contribution in [0.2, 0.25) is 0 Å². The topological polar surface area (TPSA) is 49.3 Å². The van der Waals surface area contributed by atoms with E-state index in [0.717, 1.165) is 17.1 Å². The van der Waals surface area contributed by atoms with Gasteiger partial charge < -0.3 is 9.80 Å². The maximum Gasteiger partial charge on any atom is 0.253 e. The lowest BCUT2D eigenvalue weighted by Crippen LogP contribution is -2.49. The third-order valence-electron chi connectivity index (χ3n) is 5.10. The van der Waals surface area contributed by atoms with Crippen LogP contribution in [0.25, 0.3) is 11.4 Å². The third-order valence-corrected chi connectivity index (χ3v) is 5.10. The number of benzene rings is 2. The Labute approximate surface area is 169 Å². The molecular formula is C23H23FN4O. The minimum absolute atomic E-state index is 0.0658. The maximum absolute atomic E-state index is 13.1. The summed E-state index contributed by atoms with van der Waals surface area (Å²) in [6.45, 7) is 6.60. The molecule has 6 heteroatoms. The molecular weight excluding hydrogens is 367 g/mol. The number of carbonyl (C=O) groups excluding carboxylic acids is 1. The second-order valence-corrected chi connectivity index (χ2v) is 7.35. The van der Waals surface area contributed by atoms with Gasteiger partial charge in [-0.05, 0) is 44.2 Å². The Kier molecular flexibility index (Phi) is 5.25. The SMILES string of the molecule is Cc1cccc(-c2nc(C)cc(N3CCN(C(=O)c4ccc(F)cc4)CC3)n2)c1. The Morgan fingerprint density at radius 2 is 1.66 bits per heavy atom. The monoisotopic (exact) mass is 390 g/mol. The number of hydrogen-bond acceptors (Lipinski definition) is 4. The van der Waals surface area contributed by atoms with Gasteiger partial charge >= 0.3 is 0 Å². The predicted octanol–water partition coefficient (Wildman–Crippen LogP) is 3.86. The van der Waals surface area contributed by atoms with Crippen molar-refractivity contribution in [2.75, 3.05) is 31.1 Å². The number of rotatable bonds is 3. The Bertz CT molecular complexity index is 1030. The van der Waals surface area contributed by atoms with E-state index < -0.39 is 0 Å². The molecule has 2 heterocycles. The molecule has 0 saturated carbocycles. The van der Waals surface area contributed by atoms with Crippen molar-refractivity contribution in [2.24, 2.45) is 0 Å². The quantitative estimate of drug-likeness (QED) is 0.681. The van der Waals surface area contributed by atoms with Gasteiger partial charge in [0.1, 0.15) is 11.6 Å². The van der Waals surface area contributed by atoms with Crippen molar-refractivity contribution in [1.29, 1.82) is 0 Å². The van der Waals surface area contributed by atoms with Gasteiger partial charge in [0.25, 0.3) is 5.91 Å². The van der Waals surface area contributed by atoms with Crippen LogP contribution in [-0.2, 0) is 0 Å². The van der Waals surface area contributed by atoms with Crippen LogP contribution in [0.5, 0.6) is 0 Å². The van der Waals surface area contributed by atoms with E-state index in [-0.39, 0.29) is 11.7 Å². The van der Waals surface area contributed by atoms with Gasteiger partial charge in [0, 0.05) is 49.1 Å². The summed E-state index contributed by atoms with van der Waals surface area (Å²) in [6, 6.07) is 15.9. The highest BCUT2D eigenvalue weighted by molar-refractivity contribution is 5.94. The van der Waals surface area contributed by atoms with E-state index in [0.29, 0.717) is 37.6 Å². The largest absolute Gasteiger partial charge is 0.353 e. The standard InChI is InChI=1S/C23H23FN4O/c1-16-4-3-5-19(14-16)22-25-17(2)15-21(26-22)27-10-12-28(13-11-27)23(29)18-6-8-20(24)9-7-18/h3-9,14-15H,10-13H2,1-2H3. The molecule has 1 saturated heterocycles. The smallest absolute Gasteiger partial charge is 0.253 e. The van der Waals surface area contributed by atoms with Gasteiger partial charge in [-0.15, -0.1) is 0 Å². The van der Waals surface area contributed by atoms with Gasteiger partial charge in [-0.25, -0.2) is 14.4 Å². The normalized spacial score (nSPS) is 14.2. The van der Waals surface area contributed by atoms with Crippen molar-refractivity contribution in [3.05, 3.63) is 77.2 Å². The van der Waals surface area contributed by atoms with Crippen LogP contribution in [0.1, 0.15) is 21.6 Å². The second kappa shape index (κ2) is 7.99. The highest BCUT2D eigenvalue weighted by Crippen LogP contribution is 2.22. The molecule has 0 spiro atoms. The van der Waals surface area contributed by atoms with Crippen LogP contribution in [-0.4, -0.2) is 47.0 Å². The van der Waals surface area contributed by atoms with Gasteiger partial charge in [0.05, 0.1) is 0 Å². The highest BCUT2D eigenvalue weighted by atomic mass is 19.1. The average molecular weight is 390 g/mol. The molecule has 0 atom stereocenters. The molecule has 0 N–H and O–H groups in total. The number of halogens is 1. The molecule has 4 rings (SSSR count). The lowest BCUT2D eigenvalue weighted by Gasteiger charge is -2.35. The summed E-state index contributed by atoms with van der Waals surface area (Å²) < 4.78 is 13.1. The van der Waals surface area contributed by atoms with Crippen molar-refractivity contribution in [3.63, 3.8) is 0 Å². The van der Waals surface area contributed by atoms with Crippen LogP contribution in [0.3, 0.4) is 0 Å². The lowest BCUT2D eigenvalue weighted by atomic mass is 10.1. The summed E-state index contributed by atoms with van der Waals surface area (Å²) in [6.07, 6.45) is 0. The van der Waals surface area contributed by atoms with Crippen molar-refractivity contribution < 1.29 is 9.18 Å². The Hall–Kier alpha value is -3.28. The summed E-state index contributed by atoms with van der Waals surface area (Å²) in [5.74, 6) is 1.19. The van der Waals surface area contributed by atoms with Gasteiger partial charge in [-0.3, -0.25) is 4.79 Å². The zero-order valence-electron chi connectivity index (χ0n) is 16.6. The first kappa shape index (κ1) is 19.1. The van der Waals surface area contributed by atoms with Crippen molar-refractivity contribution in [1.82, 2.24) is 14.9 Å². The molecule has 1 fully saturated rings. The number of nitrogens with zero attached hydrogens (tertiary/aromatic N) is 4. The minimum Gasteiger partial charge on any atom is -0.353 e. The average Bonchev–Trinajstić information content (AvgIpc) is 2.73. The number of hydrogen-bond donors (Lipinski definition) is 0. The van der Waals surface area contributed by atoms with Crippen molar-refractivity contribution >= 4 is 11.7 Å². The minimum atomic E-state index is -0.338. The fourth-order valence-corrected chi connectivity index (χ4v) is 3.54. The molecule has 5 nitrogen and oxygen atoms in total. The van der Waals surface area contributed by atoms with E-state index in [9.17, 15) is 9.18 Å². The van der Waals surface area contributed by atoms with Gasteiger partial charge in [0.15, 0.2) is 5.82 Å². The van der Waals surface area contributed by atoms with E-state index in [1.807, 2.05) is 25.1 Å². The second-order valence-electron chi connectivity index (χ2n) is 7.35. The molecule has 3 aromatic rings. The highest BCUT2D eigenvalue weighted by Gasteiger charge is 2.23. The number of aromatic nitrogens is 2. The number of anilines is 1. The van der Waals surface area contributed by atoms with E-state index >= 15 is 0 Å². The van der Waals surface area contributed by atoms with E-state index in [4.69, 9.17) is 4.98 Å². The fraction of sp³-hybridized carbons (Fsp3) is 0.261. The van der Waals surface area contributed by atoms with Crippen molar-refractivity contribution in [2.45, 2.75) is 13.8 Å². The van der Waals surface area contributed by atoms with Crippen LogP contribution in [0.15, 0.2) is 54.6 Å². The predicted molar refractivity (Wildman–Crippen MR) is 111 cm³/mol. The Balaban J connectivity index is 1.48. The molecule has 0 radical (unpaired) electrons. The summed E-state index contributed by atoms with van der Waals surface area (Å²) in [5, 5.41) is 0. The lowest BCUT2D eigenvalue weighted by molar-refractivity contribution is 0.0746.